The number of carbonyl (C=O) groups excluding carboxylic acids is 1. The Kier molecular flexibility index (Phi) is 5.78. The third kappa shape index (κ3) is 4.49. The number of rotatable bonds is 4. The molecule has 2 amide bonds. The summed E-state index contributed by atoms with van der Waals surface area (Å²) < 4.78 is 31.1. The van der Waals surface area contributed by atoms with Gasteiger partial charge < -0.3 is 14.6 Å². The Morgan fingerprint density at radius 1 is 1.00 bits per heavy atom. The zero-order valence-corrected chi connectivity index (χ0v) is 17.6. The molecule has 1 fully saturated rings. The van der Waals surface area contributed by atoms with E-state index in [0.717, 1.165) is 16.5 Å². The fourth-order valence-electron chi connectivity index (χ4n) is 3.75. The van der Waals surface area contributed by atoms with Gasteiger partial charge in [0.15, 0.2) is 0 Å². The van der Waals surface area contributed by atoms with E-state index in [-0.39, 0.29) is 6.03 Å². The van der Waals surface area contributed by atoms with Crippen molar-refractivity contribution in [1.29, 1.82) is 0 Å². The number of para-hydroxylation sites is 1. The van der Waals surface area contributed by atoms with E-state index < -0.39 is 16.1 Å². The summed E-state index contributed by atoms with van der Waals surface area (Å²) in [4.78, 5) is 14.8. The maximum absolute atomic E-state index is 13.1. The van der Waals surface area contributed by atoms with Crippen LogP contribution in [0.1, 0.15) is 23.8 Å². The minimum atomic E-state index is -3.26. The average molecular weight is 428 g/mol. The van der Waals surface area contributed by atoms with Crippen LogP contribution in [-0.4, -0.2) is 56.1 Å². The number of fused-ring (bicyclic) bond motifs is 1. The maximum atomic E-state index is 13.1. The van der Waals surface area contributed by atoms with E-state index in [4.69, 9.17) is 4.42 Å². The molecule has 0 aliphatic carbocycles. The molecule has 1 N–H and O–H groups in total. The average Bonchev–Trinajstić information content (AvgIpc) is 2.98. The van der Waals surface area contributed by atoms with Crippen molar-refractivity contribution in [2.45, 2.75) is 12.5 Å². The highest BCUT2D eigenvalue weighted by Gasteiger charge is 2.27. The van der Waals surface area contributed by atoms with Crippen LogP contribution in [-0.2, 0) is 10.0 Å². The fraction of sp³-hybridized carbons (Fsp3) is 0.318. The molecule has 30 heavy (non-hydrogen) atoms. The molecule has 2 aromatic carbocycles. The number of sulfonamides is 1. The van der Waals surface area contributed by atoms with Gasteiger partial charge in [-0.25, -0.2) is 17.5 Å². The summed E-state index contributed by atoms with van der Waals surface area (Å²) in [5.41, 5.74) is 1.68. The molecule has 0 spiro atoms. The second-order valence-corrected chi connectivity index (χ2v) is 9.46. The number of amides is 2. The van der Waals surface area contributed by atoms with E-state index in [1.807, 2.05) is 60.7 Å². The van der Waals surface area contributed by atoms with Crippen LogP contribution in [0.4, 0.5) is 4.79 Å². The lowest BCUT2D eigenvalue weighted by atomic mass is 10.0. The summed E-state index contributed by atoms with van der Waals surface area (Å²) in [5, 5.41) is 4.06. The van der Waals surface area contributed by atoms with Gasteiger partial charge in [0.25, 0.3) is 0 Å². The van der Waals surface area contributed by atoms with Crippen LogP contribution in [0.3, 0.4) is 0 Å². The molecule has 1 atom stereocenters. The first-order valence-corrected chi connectivity index (χ1v) is 11.8. The van der Waals surface area contributed by atoms with Gasteiger partial charge in [-0.15, -0.1) is 0 Å². The molecule has 8 heteroatoms. The highest BCUT2D eigenvalue weighted by molar-refractivity contribution is 7.88. The van der Waals surface area contributed by atoms with Crippen molar-refractivity contribution in [1.82, 2.24) is 14.5 Å². The molecule has 0 bridgehead atoms. The summed E-state index contributed by atoms with van der Waals surface area (Å²) >= 11 is 0. The third-order valence-corrected chi connectivity index (χ3v) is 6.64. The van der Waals surface area contributed by atoms with E-state index in [0.29, 0.717) is 38.4 Å². The van der Waals surface area contributed by atoms with Gasteiger partial charge in [-0.2, -0.15) is 0 Å². The van der Waals surface area contributed by atoms with E-state index in [9.17, 15) is 13.2 Å². The third-order valence-electron chi connectivity index (χ3n) is 5.34. The molecule has 0 saturated carbocycles. The SMILES string of the molecule is CS(=O)(=O)N1CCCN(C(=O)NC(c2ccccc2)c2cc3ccccc3o2)CC1. The van der Waals surface area contributed by atoms with Crippen LogP contribution >= 0.6 is 0 Å². The van der Waals surface area contributed by atoms with Crippen LogP contribution in [0.25, 0.3) is 11.0 Å². The first-order valence-electron chi connectivity index (χ1n) is 9.96. The highest BCUT2D eigenvalue weighted by Crippen LogP contribution is 2.28. The lowest BCUT2D eigenvalue weighted by Crippen LogP contribution is -2.44. The molecule has 7 nitrogen and oxygen atoms in total. The van der Waals surface area contributed by atoms with Crippen LogP contribution in [0, 0.1) is 0 Å². The molecule has 158 valence electrons. The molecule has 1 unspecified atom stereocenters. The summed E-state index contributed by atoms with van der Waals surface area (Å²) in [7, 11) is -3.26. The second-order valence-electron chi connectivity index (χ2n) is 7.48. The summed E-state index contributed by atoms with van der Waals surface area (Å²) in [6, 6.07) is 18.7. The normalized spacial score (nSPS) is 16.9. The van der Waals surface area contributed by atoms with Crippen molar-refractivity contribution >= 4 is 27.0 Å². The predicted octanol–water partition coefficient (Wildman–Crippen LogP) is 3.20. The molecule has 4 rings (SSSR count). The van der Waals surface area contributed by atoms with Crippen LogP contribution in [0.15, 0.2) is 65.1 Å². The molecule has 0 radical (unpaired) electrons. The standard InChI is InChI=1S/C22H25N3O4S/c1-30(27,28)25-13-7-12-24(14-15-25)22(26)23-21(17-8-3-2-4-9-17)20-16-18-10-5-6-11-19(18)29-20/h2-6,8-11,16,21H,7,12-15H2,1H3,(H,23,26). The Morgan fingerprint density at radius 2 is 1.73 bits per heavy atom. The van der Waals surface area contributed by atoms with Gasteiger partial charge in [-0.1, -0.05) is 48.5 Å². The molecule has 1 aromatic heterocycles. The number of hydrogen-bond donors (Lipinski definition) is 1. The van der Waals surface area contributed by atoms with Gasteiger partial charge in [0.2, 0.25) is 10.0 Å². The Balaban J connectivity index is 1.57. The van der Waals surface area contributed by atoms with Gasteiger partial charge >= 0.3 is 6.03 Å². The zero-order valence-electron chi connectivity index (χ0n) is 16.8. The highest BCUT2D eigenvalue weighted by atomic mass is 32.2. The Bertz CT molecular complexity index is 1090. The largest absolute Gasteiger partial charge is 0.459 e. The van der Waals surface area contributed by atoms with E-state index in [1.165, 1.54) is 10.6 Å². The zero-order chi connectivity index (χ0) is 21.1. The summed E-state index contributed by atoms with van der Waals surface area (Å²) in [5.74, 6) is 0.656. The number of urea groups is 1. The van der Waals surface area contributed by atoms with Crippen LogP contribution in [0.2, 0.25) is 0 Å². The molecule has 2 heterocycles. The Morgan fingerprint density at radius 3 is 2.47 bits per heavy atom. The molecule has 1 saturated heterocycles. The number of nitrogens with one attached hydrogen (secondary N) is 1. The van der Waals surface area contributed by atoms with Crippen LogP contribution < -0.4 is 5.32 Å². The minimum Gasteiger partial charge on any atom is -0.459 e. The lowest BCUT2D eigenvalue weighted by molar-refractivity contribution is 0.196. The summed E-state index contributed by atoms with van der Waals surface area (Å²) in [6.07, 6.45) is 1.80. The summed E-state index contributed by atoms with van der Waals surface area (Å²) in [6.45, 7) is 1.57. The lowest BCUT2D eigenvalue weighted by Gasteiger charge is -2.25. The van der Waals surface area contributed by atoms with Crippen molar-refractivity contribution in [3.63, 3.8) is 0 Å². The first-order chi connectivity index (χ1) is 14.4. The van der Waals surface area contributed by atoms with Crippen molar-refractivity contribution < 1.29 is 17.6 Å². The molecule has 1 aliphatic heterocycles. The van der Waals surface area contributed by atoms with E-state index in [1.54, 1.807) is 4.90 Å². The van der Waals surface area contributed by atoms with Gasteiger partial charge in [0.05, 0.1) is 6.26 Å². The minimum absolute atomic E-state index is 0.236. The van der Waals surface area contributed by atoms with Gasteiger partial charge in [-0.3, -0.25) is 0 Å². The van der Waals surface area contributed by atoms with E-state index in [2.05, 4.69) is 5.32 Å². The van der Waals surface area contributed by atoms with Crippen molar-refractivity contribution in [2.24, 2.45) is 0 Å². The molecular weight excluding hydrogens is 402 g/mol. The fourth-order valence-corrected chi connectivity index (χ4v) is 4.63. The number of hydrogen-bond acceptors (Lipinski definition) is 4. The van der Waals surface area contributed by atoms with E-state index >= 15 is 0 Å². The van der Waals surface area contributed by atoms with Crippen molar-refractivity contribution in [3.8, 4) is 0 Å². The number of benzene rings is 2. The van der Waals surface area contributed by atoms with Crippen molar-refractivity contribution in [3.05, 3.63) is 72.0 Å². The molecule has 3 aromatic rings. The Labute approximate surface area is 176 Å². The van der Waals surface area contributed by atoms with Gasteiger partial charge in [0.1, 0.15) is 17.4 Å². The topological polar surface area (TPSA) is 82.9 Å². The smallest absolute Gasteiger partial charge is 0.318 e. The predicted molar refractivity (Wildman–Crippen MR) is 116 cm³/mol. The molecule has 1 aliphatic rings. The molecular formula is C22H25N3O4S. The Hall–Kier alpha value is -2.84. The number of furan rings is 1. The first kappa shape index (κ1) is 20.4. The monoisotopic (exact) mass is 427 g/mol. The van der Waals surface area contributed by atoms with Crippen LogP contribution in [0.5, 0.6) is 0 Å². The quantitative estimate of drug-likeness (QED) is 0.693. The maximum Gasteiger partial charge on any atom is 0.318 e. The van der Waals surface area contributed by atoms with Gasteiger partial charge in [0, 0.05) is 31.6 Å². The van der Waals surface area contributed by atoms with Gasteiger partial charge in [-0.05, 0) is 24.1 Å². The number of carbonyl (C=O) groups is 1. The second kappa shape index (κ2) is 8.49. The van der Waals surface area contributed by atoms with Crippen molar-refractivity contribution in [2.75, 3.05) is 32.4 Å². The number of nitrogens with zero attached hydrogens (tertiary/aromatic N) is 2.